The van der Waals surface area contributed by atoms with Crippen molar-refractivity contribution in [2.75, 3.05) is 13.2 Å². The molecule has 2 aliphatic rings. The second-order valence-electron chi connectivity index (χ2n) is 8.13. The van der Waals surface area contributed by atoms with Crippen molar-refractivity contribution in [2.24, 2.45) is 0 Å². The lowest BCUT2D eigenvalue weighted by atomic mass is 10.0. The fraction of sp³-hybridized carbons (Fsp3) is 0.435. The Hall–Kier alpha value is -3.57. The average Bonchev–Trinajstić information content (AvgIpc) is 3.56. The molecule has 2 fully saturated rings. The molecule has 180 valence electrons. The van der Waals surface area contributed by atoms with Crippen LogP contribution in [0.1, 0.15) is 49.0 Å². The minimum atomic E-state index is -0.947. The molecular weight excluding hydrogens is 448 g/mol. The summed E-state index contributed by atoms with van der Waals surface area (Å²) in [4.78, 5) is 33.9. The van der Waals surface area contributed by atoms with Gasteiger partial charge in [0.2, 0.25) is 0 Å². The molecule has 0 N–H and O–H groups in total. The van der Waals surface area contributed by atoms with Gasteiger partial charge in [0.1, 0.15) is 0 Å². The minimum absolute atomic E-state index is 0.0750. The molecule has 0 radical (unpaired) electrons. The Labute approximate surface area is 194 Å². The summed E-state index contributed by atoms with van der Waals surface area (Å²) >= 11 is 0. The third kappa shape index (κ3) is 5.49. The molecule has 2 saturated heterocycles. The molecule has 0 spiro atoms. The van der Waals surface area contributed by atoms with Gasteiger partial charge in [-0.1, -0.05) is 0 Å². The van der Waals surface area contributed by atoms with Gasteiger partial charge in [0.05, 0.1) is 22.1 Å². The molecule has 0 saturated carbocycles. The van der Waals surface area contributed by atoms with Crippen molar-refractivity contribution in [1.29, 1.82) is 0 Å². The third-order valence-corrected chi connectivity index (χ3v) is 5.92. The van der Waals surface area contributed by atoms with Crippen molar-refractivity contribution < 1.29 is 33.6 Å². The number of carbonyl (C=O) groups excluding carboxylic acids is 1. The van der Waals surface area contributed by atoms with E-state index in [-0.39, 0.29) is 11.4 Å². The largest absolute Gasteiger partial charge is 0.509 e. The van der Waals surface area contributed by atoms with E-state index < -0.39 is 40.4 Å². The first-order valence-corrected chi connectivity index (χ1v) is 11.0. The predicted molar refractivity (Wildman–Crippen MR) is 117 cm³/mol. The van der Waals surface area contributed by atoms with Crippen LogP contribution in [0.5, 0.6) is 0 Å². The topological polar surface area (TPSA) is 140 Å². The minimum Gasteiger partial charge on any atom is -0.423 e. The summed E-state index contributed by atoms with van der Waals surface area (Å²) in [7, 11) is 0. The van der Waals surface area contributed by atoms with Crippen LogP contribution in [0, 0.1) is 20.2 Å². The lowest BCUT2D eigenvalue weighted by Gasteiger charge is -2.27. The van der Waals surface area contributed by atoms with Crippen molar-refractivity contribution in [3.05, 3.63) is 79.9 Å². The molecule has 2 aliphatic heterocycles. The lowest BCUT2D eigenvalue weighted by Crippen LogP contribution is -2.28. The van der Waals surface area contributed by atoms with Crippen LogP contribution in [0.4, 0.5) is 16.2 Å². The molecule has 0 aliphatic carbocycles. The SMILES string of the molecule is O=C(O[C@H](c1ccc([N+](=O)[O-])cc1)C1CCCO1)O[C@H](c1ccc([N+](=O)[O-])cc1)C1CCCO1. The van der Waals surface area contributed by atoms with E-state index in [2.05, 4.69) is 0 Å². The zero-order valence-electron chi connectivity index (χ0n) is 18.2. The third-order valence-electron chi connectivity index (χ3n) is 5.92. The highest BCUT2D eigenvalue weighted by atomic mass is 16.7. The number of nitro groups is 2. The second kappa shape index (κ2) is 10.6. The number of hydrogen-bond acceptors (Lipinski definition) is 9. The summed E-state index contributed by atoms with van der Waals surface area (Å²) in [5, 5.41) is 22.0. The van der Waals surface area contributed by atoms with E-state index in [1.165, 1.54) is 48.5 Å². The summed E-state index contributed by atoms with van der Waals surface area (Å²) in [6, 6.07) is 11.5. The molecule has 0 aromatic heterocycles. The van der Waals surface area contributed by atoms with Gasteiger partial charge >= 0.3 is 6.16 Å². The summed E-state index contributed by atoms with van der Waals surface area (Å²) in [5.74, 6) is 0. The van der Waals surface area contributed by atoms with E-state index in [4.69, 9.17) is 18.9 Å². The van der Waals surface area contributed by atoms with Crippen LogP contribution in [0.2, 0.25) is 0 Å². The van der Waals surface area contributed by atoms with Crippen molar-refractivity contribution in [3.8, 4) is 0 Å². The number of ether oxygens (including phenoxy) is 4. The number of carbonyl (C=O) groups is 1. The Morgan fingerprint density at radius 1 is 0.765 bits per heavy atom. The predicted octanol–water partition coefficient (Wildman–Crippen LogP) is 4.80. The van der Waals surface area contributed by atoms with Crippen LogP contribution in [0.3, 0.4) is 0 Å². The Balaban J connectivity index is 1.52. The molecule has 4 atom stereocenters. The van der Waals surface area contributed by atoms with Gasteiger partial charge in [-0.2, -0.15) is 0 Å². The lowest BCUT2D eigenvalue weighted by molar-refractivity contribution is -0.385. The van der Waals surface area contributed by atoms with E-state index in [0.717, 1.165) is 12.8 Å². The van der Waals surface area contributed by atoms with Gasteiger partial charge in [0.15, 0.2) is 12.2 Å². The number of nitrogens with zero attached hydrogens (tertiary/aromatic N) is 2. The van der Waals surface area contributed by atoms with E-state index in [1.807, 2.05) is 0 Å². The van der Waals surface area contributed by atoms with Crippen molar-refractivity contribution in [2.45, 2.75) is 50.1 Å². The first-order chi connectivity index (χ1) is 16.4. The molecule has 0 bridgehead atoms. The Morgan fingerprint density at radius 3 is 1.44 bits per heavy atom. The highest BCUT2D eigenvalue weighted by Crippen LogP contribution is 2.35. The molecule has 2 aromatic carbocycles. The summed E-state index contributed by atoms with van der Waals surface area (Å²) in [5.41, 5.74) is 0.958. The smallest absolute Gasteiger partial charge is 0.423 e. The molecule has 2 heterocycles. The summed E-state index contributed by atoms with van der Waals surface area (Å²) in [6.07, 6.45) is -0.460. The van der Waals surface area contributed by atoms with Crippen LogP contribution < -0.4 is 0 Å². The van der Waals surface area contributed by atoms with Crippen LogP contribution in [-0.4, -0.2) is 41.4 Å². The normalized spacial score (nSPS) is 21.5. The molecule has 2 aromatic rings. The number of benzene rings is 2. The van der Waals surface area contributed by atoms with Gasteiger partial charge in [-0.15, -0.1) is 0 Å². The molecule has 11 nitrogen and oxygen atoms in total. The maximum atomic E-state index is 12.9. The molecule has 34 heavy (non-hydrogen) atoms. The van der Waals surface area contributed by atoms with Gasteiger partial charge < -0.3 is 18.9 Å². The Morgan fingerprint density at radius 2 is 1.15 bits per heavy atom. The number of nitro benzene ring substituents is 2. The van der Waals surface area contributed by atoms with E-state index in [0.29, 0.717) is 37.2 Å². The molecular formula is C23H24N2O9. The Kier molecular flexibility index (Phi) is 7.33. The van der Waals surface area contributed by atoms with Crippen molar-refractivity contribution in [1.82, 2.24) is 0 Å². The zero-order chi connectivity index (χ0) is 24.1. The standard InChI is InChI=1S/C23H24N2O9/c26-23(33-21(19-3-1-13-31-19)15-5-9-17(10-6-15)24(27)28)34-22(20-4-2-14-32-20)16-7-11-18(12-8-16)25(29)30/h5-12,19-22H,1-4,13-14H2/t19?,20?,21-,22-/m1/s1. The highest BCUT2D eigenvalue weighted by Gasteiger charge is 2.35. The number of hydrogen-bond donors (Lipinski definition) is 0. The first kappa shape index (κ1) is 23.6. The fourth-order valence-corrected chi connectivity index (χ4v) is 4.21. The van der Waals surface area contributed by atoms with Gasteiger partial charge in [-0.25, -0.2) is 4.79 Å². The maximum Gasteiger partial charge on any atom is 0.509 e. The second-order valence-corrected chi connectivity index (χ2v) is 8.13. The molecule has 2 unspecified atom stereocenters. The van der Waals surface area contributed by atoms with Crippen LogP contribution >= 0.6 is 0 Å². The van der Waals surface area contributed by atoms with E-state index in [9.17, 15) is 25.0 Å². The van der Waals surface area contributed by atoms with Crippen molar-refractivity contribution in [3.63, 3.8) is 0 Å². The molecule has 11 heteroatoms. The van der Waals surface area contributed by atoms with Crippen molar-refractivity contribution >= 4 is 17.5 Å². The summed E-state index contributed by atoms with van der Waals surface area (Å²) in [6.45, 7) is 1.04. The summed E-state index contributed by atoms with van der Waals surface area (Å²) < 4.78 is 22.8. The average molecular weight is 472 g/mol. The van der Waals surface area contributed by atoms with Gasteiger partial charge in [0.25, 0.3) is 11.4 Å². The monoisotopic (exact) mass is 472 g/mol. The van der Waals surface area contributed by atoms with E-state index in [1.54, 1.807) is 0 Å². The van der Waals surface area contributed by atoms with Gasteiger partial charge in [-0.05, 0) is 61.1 Å². The quantitative estimate of drug-likeness (QED) is 0.301. The van der Waals surface area contributed by atoms with Crippen LogP contribution in [0.15, 0.2) is 48.5 Å². The van der Waals surface area contributed by atoms with Gasteiger partial charge in [0, 0.05) is 37.5 Å². The van der Waals surface area contributed by atoms with Gasteiger partial charge in [-0.3, -0.25) is 20.2 Å². The fourth-order valence-electron chi connectivity index (χ4n) is 4.21. The Bertz CT molecular complexity index is 932. The van der Waals surface area contributed by atoms with E-state index >= 15 is 0 Å². The first-order valence-electron chi connectivity index (χ1n) is 11.0. The van der Waals surface area contributed by atoms with Crippen LogP contribution in [-0.2, 0) is 18.9 Å². The molecule has 4 rings (SSSR count). The zero-order valence-corrected chi connectivity index (χ0v) is 18.2. The number of rotatable bonds is 8. The number of non-ortho nitro benzene ring substituents is 2. The highest BCUT2D eigenvalue weighted by molar-refractivity contribution is 5.61. The molecule has 0 amide bonds. The maximum absolute atomic E-state index is 12.9. The van der Waals surface area contributed by atoms with Crippen LogP contribution in [0.25, 0.3) is 0 Å².